The molecule has 0 saturated carbocycles. The first-order valence-corrected chi connectivity index (χ1v) is 17.4. The fourth-order valence-electron chi connectivity index (χ4n) is 6.98. The molecular formula is C50H36N2. The van der Waals surface area contributed by atoms with Crippen LogP contribution in [0.1, 0.15) is 5.48 Å². The zero-order chi connectivity index (χ0) is 38.2. The minimum Gasteiger partial charge on any atom is -0.311 e. The van der Waals surface area contributed by atoms with Crippen LogP contribution in [0.5, 0.6) is 0 Å². The zero-order valence-corrected chi connectivity index (χ0v) is 28.4. The smallest absolute Gasteiger partial charge is 0.0645 e. The van der Waals surface area contributed by atoms with Crippen LogP contribution in [0, 0.1) is 0 Å². The summed E-state index contributed by atoms with van der Waals surface area (Å²) in [4.78, 5) is 4.10. The minimum absolute atomic E-state index is 0.0916. The van der Waals surface area contributed by atoms with Gasteiger partial charge in [0.15, 0.2) is 0 Å². The van der Waals surface area contributed by atoms with E-state index in [0.29, 0.717) is 5.56 Å². The molecule has 0 aliphatic rings. The molecule has 0 bridgehead atoms. The summed E-state index contributed by atoms with van der Waals surface area (Å²) in [5.41, 5.74) is 7.80. The van der Waals surface area contributed by atoms with Gasteiger partial charge in [-0.05, 0) is 105 Å². The fourth-order valence-corrected chi connectivity index (χ4v) is 6.98. The number of hydrogen-bond donors (Lipinski definition) is 0. The first-order chi connectivity index (χ1) is 27.5. The first-order valence-electron chi connectivity index (χ1n) is 19.4. The Morgan fingerprint density at radius 3 is 1.25 bits per heavy atom. The molecular weight excluding hydrogens is 629 g/mol. The van der Waals surface area contributed by atoms with Gasteiger partial charge in [-0.25, -0.2) is 0 Å². The molecule has 0 saturated heterocycles. The van der Waals surface area contributed by atoms with E-state index in [1.165, 1.54) is 0 Å². The van der Waals surface area contributed by atoms with Crippen LogP contribution in [-0.2, 0) is 0 Å². The van der Waals surface area contributed by atoms with Gasteiger partial charge >= 0.3 is 0 Å². The van der Waals surface area contributed by atoms with Crippen LogP contribution in [0.4, 0.5) is 34.1 Å². The maximum absolute atomic E-state index is 9.44. The van der Waals surface area contributed by atoms with Crippen molar-refractivity contribution in [2.24, 2.45) is 0 Å². The fraction of sp³-hybridized carbons (Fsp3) is 0. The molecule has 0 aliphatic heterocycles. The van der Waals surface area contributed by atoms with Crippen molar-refractivity contribution in [3.8, 4) is 22.3 Å². The Morgan fingerprint density at radius 1 is 0.288 bits per heavy atom. The van der Waals surface area contributed by atoms with Gasteiger partial charge in [-0.15, -0.1) is 0 Å². The molecule has 9 aromatic carbocycles. The molecule has 246 valence electrons. The van der Waals surface area contributed by atoms with Gasteiger partial charge in [-0.1, -0.05) is 152 Å². The Hall–Kier alpha value is -6.90. The third-order valence-corrected chi connectivity index (χ3v) is 9.50. The van der Waals surface area contributed by atoms with E-state index in [2.05, 4.69) is 83.8 Å². The largest absolute Gasteiger partial charge is 0.311 e. The van der Waals surface area contributed by atoms with E-state index in [4.69, 9.17) is 0 Å². The maximum Gasteiger partial charge on any atom is 0.0645 e. The van der Waals surface area contributed by atoms with E-state index in [1.54, 1.807) is 0 Å². The molecule has 0 aliphatic carbocycles. The van der Waals surface area contributed by atoms with E-state index in [9.17, 15) is 5.48 Å². The van der Waals surface area contributed by atoms with Gasteiger partial charge in [-0.2, -0.15) is 0 Å². The Bertz CT molecular complexity index is 2760. The molecule has 9 rings (SSSR count). The highest BCUT2D eigenvalue weighted by atomic mass is 15.1. The summed E-state index contributed by atoms with van der Waals surface area (Å²) in [6.45, 7) is 0. The lowest BCUT2D eigenvalue weighted by Crippen LogP contribution is -2.10. The van der Waals surface area contributed by atoms with Crippen LogP contribution < -0.4 is 9.80 Å². The molecule has 2 nitrogen and oxygen atoms in total. The summed E-state index contributed by atoms with van der Waals surface area (Å²) in [6, 6.07) is 64.4. The normalized spacial score (nSPS) is 12.2. The van der Waals surface area contributed by atoms with Crippen molar-refractivity contribution in [2.45, 2.75) is 0 Å². The lowest BCUT2D eigenvalue weighted by molar-refractivity contribution is 1.28. The second-order valence-electron chi connectivity index (χ2n) is 12.7. The lowest BCUT2D eigenvalue weighted by Gasteiger charge is -2.27. The molecule has 9 aromatic rings. The highest BCUT2D eigenvalue weighted by molar-refractivity contribution is 6.14. The highest BCUT2D eigenvalue weighted by Crippen LogP contribution is 2.42. The van der Waals surface area contributed by atoms with Gasteiger partial charge in [0.25, 0.3) is 0 Å². The maximum atomic E-state index is 9.44. The quantitative estimate of drug-likeness (QED) is 0.149. The second kappa shape index (κ2) is 13.8. The van der Waals surface area contributed by atoms with E-state index in [0.717, 1.165) is 61.1 Å². The molecule has 0 amide bonds. The number of nitrogens with zero attached hydrogens (tertiary/aromatic N) is 2. The molecule has 0 heterocycles. The van der Waals surface area contributed by atoms with Gasteiger partial charge in [0, 0.05) is 33.8 Å². The van der Waals surface area contributed by atoms with Crippen molar-refractivity contribution in [1.82, 2.24) is 0 Å². The van der Waals surface area contributed by atoms with Crippen LogP contribution >= 0.6 is 0 Å². The molecule has 0 N–H and O–H groups in total. The molecule has 52 heavy (non-hydrogen) atoms. The summed E-state index contributed by atoms with van der Waals surface area (Å²) in [5.74, 6) is 0. The molecule has 0 atom stereocenters. The van der Waals surface area contributed by atoms with E-state index in [1.807, 2.05) is 120 Å². The average Bonchev–Trinajstić information content (AvgIpc) is 3.26. The first kappa shape index (κ1) is 26.9. The summed E-state index contributed by atoms with van der Waals surface area (Å²) in [7, 11) is 0. The molecule has 0 fully saturated rings. The highest BCUT2D eigenvalue weighted by Gasteiger charge is 2.17. The van der Waals surface area contributed by atoms with Crippen molar-refractivity contribution in [3.63, 3.8) is 0 Å². The molecule has 2 heteroatoms. The summed E-state index contributed by atoms with van der Waals surface area (Å²) < 4.78 is 37.5. The van der Waals surface area contributed by atoms with E-state index in [-0.39, 0.29) is 35.4 Å². The number of rotatable bonds is 8. The Balaban J connectivity index is 1.10. The van der Waals surface area contributed by atoms with Crippen molar-refractivity contribution in [2.75, 3.05) is 9.80 Å². The number of hydrogen-bond acceptors (Lipinski definition) is 2. The van der Waals surface area contributed by atoms with Crippen LogP contribution in [0.25, 0.3) is 43.8 Å². The average molecular weight is 669 g/mol. The van der Waals surface area contributed by atoms with Gasteiger partial charge in [0.05, 0.1) is 11.2 Å². The van der Waals surface area contributed by atoms with Crippen LogP contribution in [0.3, 0.4) is 0 Å². The van der Waals surface area contributed by atoms with Crippen molar-refractivity contribution in [3.05, 3.63) is 218 Å². The molecule has 0 radical (unpaired) electrons. The van der Waals surface area contributed by atoms with Crippen LogP contribution in [0.2, 0.25) is 0 Å². The Kier molecular flexibility index (Phi) is 7.13. The molecule has 0 unspecified atom stereocenters. The van der Waals surface area contributed by atoms with Crippen molar-refractivity contribution >= 4 is 55.7 Å². The predicted molar refractivity (Wildman–Crippen MR) is 222 cm³/mol. The summed E-state index contributed by atoms with van der Waals surface area (Å²) in [6.07, 6.45) is 0. The monoisotopic (exact) mass is 668 g/mol. The topological polar surface area (TPSA) is 6.48 Å². The van der Waals surface area contributed by atoms with Crippen molar-refractivity contribution < 1.29 is 5.48 Å². The molecule has 0 aromatic heterocycles. The number of fused-ring (bicyclic) bond motifs is 3. The minimum atomic E-state index is -0.108. The zero-order valence-electron chi connectivity index (χ0n) is 32.4. The van der Waals surface area contributed by atoms with Gasteiger partial charge in [0.1, 0.15) is 0 Å². The van der Waals surface area contributed by atoms with E-state index < -0.39 is 0 Å². The standard InChI is InChI=1S/C50H36N2/c1-4-15-42(16-5-1)51(43-17-6-2-7-18-43)45-32-28-39(29-33-45)37-24-26-38(27-25-37)40-30-34-46(35-31-40)52(44-19-8-3-9-20-44)50-36-41-14-10-11-21-47(41)48-22-12-13-23-49(48)50/h1-36H/i30D,31D,34D,35D. The predicted octanol–water partition coefficient (Wildman–Crippen LogP) is 14.3. The SMILES string of the molecule is [2H]c1c([2H])c(N(c2ccccc2)c2cc3ccccc3c3ccccc23)c([2H])c([2H])c1-c1ccc(-c2ccc(N(c3ccccc3)c3ccccc3)cc2)cc1. The number of para-hydroxylation sites is 3. The van der Waals surface area contributed by atoms with Gasteiger partial charge in [-0.3, -0.25) is 0 Å². The van der Waals surface area contributed by atoms with Gasteiger partial charge in [0.2, 0.25) is 0 Å². The summed E-state index contributed by atoms with van der Waals surface area (Å²) in [5, 5.41) is 4.13. The van der Waals surface area contributed by atoms with E-state index >= 15 is 0 Å². The number of anilines is 6. The summed E-state index contributed by atoms with van der Waals surface area (Å²) >= 11 is 0. The number of benzene rings is 9. The molecule has 0 spiro atoms. The van der Waals surface area contributed by atoms with Crippen molar-refractivity contribution in [1.29, 1.82) is 0 Å². The lowest BCUT2D eigenvalue weighted by atomic mass is 9.98. The van der Waals surface area contributed by atoms with Crippen LogP contribution in [0.15, 0.2) is 218 Å². The van der Waals surface area contributed by atoms with Gasteiger partial charge < -0.3 is 9.80 Å². The third-order valence-electron chi connectivity index (χ3n) is 9.50. The third kappa shape index (κ3) is 5.97. The Morgan fingerprint density at radius 2 is 0.692 bits per heavy atom. The van der Waals surface area contributed by atoms with Crippen LogP contribution in [-0.4, -0.2) is 0 Å². The Labute approximate surface area is 310 Å². The second-order valence-corrected chi connectivity index (χ2v) is 12.7.